The number of carbonyl (C=O) groups excluding carboxylic acids is 2. The van der Waals surface area contributed by atoms with Gasteiger partial charge in [-0.15, -0.1) is 0 Å². The summed E-state index contributed by atoms with van der Waals surface area (Å²) in [5.41, 5.74) is 0.948. The van der Waals surface area contributed by atoms with Crippen molar-refractivity contribution in [3.8, 4) is 17.2 Å². The van der Waals surface area contributed by atoms with E-state index >= 15 is 0 Å². The van der Waals surface area contributed by atoms with Gasteiger partial charge in [0.15, 0.2) is 11.5 Å². The third-order valence-electron chi connectivity index (χ3n) is 5.65. The molecular weight excluding hydrogens is 462 g/mol. The first kappa shape index (κ1) is 21.9. The Kier molecular flexibility index (Phi) is 5.67. The maximum absolute atomic E-state index is 13.1. The molecule has 5 rings (SSSR count). The molecule has 1 saturated heterocycles. The molecule has 1 aromatic heterocycles. The van der Waals surface area contributed by atoms with Crippen LogP contribution in [0.25, 0.3) is 5.76 Å². The first-order valence-electron chi connectivity index (χ1n) is 10.6. The van der Waals surface area contributed by atoms with Crippen molar-refractivity contribution in [1.29, 1.82) is 0 Å². The van der Waals surface area contributed by atoms with Crippen LogP contribution in [0.3, 0.4) is 0 Å². The zero-order valence-electron chi connectivity index (χ0n) is 18.1. The zero-order valence-corrected chi connectivity index (χ0v) is 18.9. The molecule has 2 aromatic carbocycles. The lowest BCUT2D eigenvalue weighted by Crippen LogP contribution is -2.29. The second-order valence-corrected chi connectivity index (χ2v) is 8.12. The quantitative estimate of drug-likeness (QED) is 0.310. The molecule has 0 aliphatic carbocycles. The Labute approximate surface area is 199 Å². The van der Waals surface area contributed by atoms with Crippen LogP contribution in [-0.4, -0.2) is 35.1 Å². The lowest BCUT2D eigenvalue weighted by molar-refractivity contribution is -0.140. The lowest BCUT2D eigenvalue weighted by Gasteiger charge is -2.23. The van der Waals surface area contributed by atoms with Crippen molar-refractivity contribution < 1.29 is 33.3 Å². The first-order chi connectivity index (χ1) is 16.5. The Balaban J connectivity index is 1.58. The molecule has 34 heavy (non-hydrogen) atoms. The summed E-state index contributed by atoms with van der Waals surface area (Å²) in [6.07, 6.45) is 1.45. The number of ketones is 1. The monoisotopic (exact) mass is 481 g/mol. The van der Waals surface area contributed by atoms with Gasteiger partial charge < -0.3 is 28.6 Å². The van der Waals surface area contributed by atoms with Crippen LogP contribution < -0.4 is 14.2 Å². The molecule has 0 spiro atoms. The van der Waals surface area contributed by atoms with Gasteiger partial charge in [-0.3, -0.25) is 9.59 Å². The van der Waals surface area contributed by atoms with Crippen LogP contribution in [0.15, 0.2) is 64.8 Å². The highest BCUT2D eigenvalue weighted by Gasteiger charge is 2.47. The number of Topliss-reactive ketones (excluding diaryl/α,β-unsaturated/α-hetero) is 1. The number of benzene rings is 2. The minimum absolute atomic E-state index is 0.0783. The summed E-state index contributed by atoms with van der Waals surface area (Å²) in [6.45, 7) is 2.40. The molecule has 1 atom stereocenters. The van der Waals surface area contributed by atoms with E-state index < -0.39 is 17.7 Å². The Morgan fingerprint density at radius 3 is 2.74 bits per heavy atom. The fraction of sp³-hybridized carbons (Fsp3) is 0.200. The average Bonchev–Trinajstić information content (AvgIpc) is 3.57. The van der Waals surface area contributed by atoms with Crippen LogP contribution >= 0.6 is 11.6 Å². The topological polar surface area (TPSA) is 98.4 Å². The van der Waals surface area contributed by atoms with Gasteiger partial charge in [0.25, 0.3) is 11.7 Å². The van der Waals surface area contributed by atoms with Crippen LogP contribution in [0.1, 0.15) is 29.9 Å². The van der Waals surface area contributed by atoms with Crippen molar-refractivity contribution in [3.63, 3.8) is 0 Å². The van der Waals surface area contributed by atoms with Crippen LogP contribution in [0, 0.1) is 0 Å². The number of hydrogen-bond acceptors (Lipinski definition) is 7. The van der Waals surface area contributed by atoms with Crippen molar-refractivity contribution in [2.75, 3.05) is 13.4 Å². The van der Waals surface area contributed by atoms with E-state index in [1.807, 2.05) is 0 Å². The number of carbonyl (C=O) groups is 2. The van der Waals surface area contributed by atoms with Crippen LogP contribution in [0.5, 0.6) is 17.2 Å². The van der Waals surface area contributed by atoms with Gasteiger partial charge in [0.1, 0.15) is 23.3 Å². The maximum Gasteiger partial charge on any atom is 0.296 e. The van der Waals surface area contributed by atoms with E-state index in [9.17, 15) is 14.7 Å². The Bertz CT molecular complexity index is 1300. The first-order valence-corrected chi connectivity index (χ1v) is 11.0. The van der Waals surface area contributed by atoms with E-state index in [0.29, 0.717) is 40.2 Å². The number of furan rings is 1. The molecule has 1 N–H and O–H groups in total. The van der Waals surface area contributed by atoms with E-state index in [2.05, 4.69) is 0 Å². The highest BCUT2D eigenvalue weighted by atomic mass is 35.5. The summed E-state index contributed by atoms with van der Waals surface area (Å²) >= 11 is 6.17. The normalized spacial score (nSPS) is 18.5. The summed E-state index contributed by atoms with van der Waals surface area (Å²) in [7, 11) is 0. The van der Waals surface area contributed by atoms with Crippen molar-refractivity contribution in [2.45, 2.75) is 19.5 Å². The van der Waals surface area contributed by atoms with E-state index in [1.54, 1.807) is 49.4 Å². The third-order valence-corrected chi connectivity index (χ3v) is 5.96. The van der Waals surface area contributed by atoms with Crippen LogP contribution in [0.2, 0.25) is 5.02 Å². The number of aliphatic hydroxyl groups excluding tert-OH is 1. The SMILES string of the molecule is CCOc1cc(/C(O)=C2/C(=O)C(=O)N(Cc3ccc4c(c3)OCO4)C2c2ccco2)ccc1Cl. The van der Waals surface area contributed by atoms with E-state index in [4.69, 9.17) is 30.2 Å². The molecule has 3 heterocycles. The van der Waals surface area contributed by atoms with E-state index in [0.717, 1.165) is 5.56 Å². The van der Waals surface area contributed by atoms with Gasteiger partial charge in [-0.25, -0.2) is 0 Å². The smallest absolute Gasteiger partial charge is 0.296 e. The minimum atomic E-state index is -0.924. The maximum atomic E-state index is 13.1. The third kappa shape index (κ3) is 3.76. The molecule has 2 aliphatic heterocycles. The molecule has 2 aliphatic rings. The predicted octanol–water partition coefficient (Wildman–Crippen LogP) is 4.68. The second kappa shape index (κ2) is 8.79. The summed E-state index contributed by atoms with van der Waals surface area (Å²) < 4.78 is 21.8. The molecular formula is C25H20ClNO7. The highest BCUT2D eigenvalue weighted by molar-refractivity contribution is 6.46. The number of fused-ring (bicyclic) bond motifs is 1. The number of aliphatic hydroxyl groups is 1. The number of ether oxygens (including phenoxy) is 3. The number of nitrogens with zero attached hydrogens (tertiary/aromatic N) is 1. The van der Waals surface area contributed by atoms with Crippen molar-refractivity contribution in [2.24, 2.45) is 0 Å². The molecule has 0 radical (unpaired) electrons. The van der Waals surface area contributed by atoms with Crippen LogP contribution in [-0.2, 0) is 16.1 Å². The summed E-state index contributed by atoms with van der Waals surface area (Å²) in [5, 5.41) is 11.5. The number of halogens is 1. The molecule has 0 bridgehead atoms. The molecule has 1 fully saturated rings. The standard InChI is InChI=1S/C25H20ClNO7/c1-2-31-19-11-15(6-7-16(19)26)23(28)21-22(18-4-3-9-32-18)27(25(30)24(21)29)12-14-5-8-17-20(10-14)34-13-33-17/h3-11,22,28H,2,12-13H2,1H3/b23-21-. The molecule has 1 amide bonds. The summed E-state index contributed by atoms with van der Waals surface area (Å²) in [4.78, 5) is 27.6. The largest absolute Gasteiger partial charge is 0.507 e. The van der Waals surface area contributed by atoms with Gasteiger partial charge in [0.05, 0.1) is 23.5 Å². The van der Waals surface area contributed by atoms with Gasteiger partial charge in [0.2, 0.25) is 6.79 Å². The molecule has 3 aromatic rings. The molecule has 9 heteroatoms. The van der Waals surface area contributed by atoms with Crippen molar-refractivity contribution in [1.82, 2.24) is 4.90 Å². The highest BCUT2D eigenvalue weighted by Crippen LogP contribution is 2.42. The summed E-state index contributed by atoms with van der Waals surface area (Å²) in [5.74, 6) is -0.0231. The number of rotatable bonds is 6. The lowest BCUT2D eigenvalue weighted by atomic mass is 9.99. The fourth-order valence-corrected chi connectivity index (χ4v) is 4.27. The van der Waals surface area contributed by atoms with Gasteiger partial charge in [-0.05, 0) is 55.0 Å². The van der Waals surface area contributed by atoms with Crippen LogP contribution in [0.4, 0.5) is 0 Å². The van der Waals surface area contributed by atoms with E-state index in [1.165, 1.54) is 17.2 Å². The Morgan fingerprint density at radius 1 is 1.15 bits per heavy atom. The second-order valence-electron chi connectivity index (χ2n) is 7.71. The Morgan fingerprint density at radius 2 is 1.97 bits per heavy atom. The Hall–Kier alpha value is -3.91. The number of hydrogen-bond donors (Lipinski definition) is 1. The minimum Gasteiger partial charge on any atom is -0.507 e. The van der Waals surface area contributed by atoms with E-state index in [-0.39, 0.29) is 24.7 Å². The van der Waals surface area contributed by atoms with Gasteiger partial charge in [-0.1, -0.05) is 17.7 Å². The molecule has 8 nitrogen and oxygen atoms in total. The average molecular weight is 482 g/mol. The van der Waals surface area contributed by atoms with Gasteiger partial charge >= 0.3 is 0 Å². The zero-order chi connectivity index (χ0) is 23.8. The fourth-order valence-electron chi connectivity index (χ4n) is 4.09. The number of amides is 1. The van der Waals surface area contributed by atoms with Crippen molar-refractivity contribution >= 4 is 29.1 Å². The molecule has 174 valence electrons. The molecule has 0 saturated carbocycles. The number of likely N-dealkylation sites (tertiary alicyclic amines) is 1. The molecule has 1 unspecified atom stereocenters. The van der Waals surface area contributed by atoms with Crippen molar-refractivity contribution in [3.05, 3.63) is 82.3 Å². The van der Waals surface area contributed by atoms with Gasteiger partial charge in [-0.2, -0.15) is 0 Å². The van der Waals surface area contributed by atoms with Gasteiger partial charge in [0, 0.05) is 12.1 Å². The summed E-state index contributed by atoms with van der Waals surface area (Å²) in [6, 6.07) is 12.3. The predicted molar refractivity (Wildman–Crippen MR) is 122 cm³/mol.